The van der Waals surface area contributed by atoms with Crippen LogP contribution in [-0.4, -0.2) is 17.6 Å². The van der Waals surface area contributed by atoms with Crippen LogP contribution in [0.25, 0.3) is 0 Å². The highest BCUT2D eigenvalue weighted by molar-refractivity contribution is 5.85. The Balaban J connectivity index is 2.73. The maximum atomic E-state index is 8.76. The molecule has 0 spiro atoms. The molecule has 1 rings (SSSR count). The van der Waals surface area contributed by atoms with Gasteiger partial charge in [0, 0.05) is 5.41 Å². The molecule has 0 aliphatic carbocycles. The molecule has 20 heavy (non-hydrogen) atoms. The molecule has 0 amide bonds. The Morgan fingerprint density at radius 1 is 1.20 bits per heavy atom. The fourth-order valence-corrected chi connectivity index (χ4v) is 1.89. The summed E-state index contributed by atoms with van der Waals surface area (Å²) in [6, 6.07) is 8.06. The molecule has 0 fully saturated rings. The van der Waals surface area contributed by atoms with Gasteiger partial charge in [0.1, 0.15) is 11.6 Å². The molecule has 1 aromatic carbocycles. The fraction of sp³-hybridized carbons (Fsp3) is 0.562. The van der Waals surface area contributed by atoms with Crippen molar-refractivity contribution in [3.63, 3.8) is 0 Å². The van der Waals surface area contributed by atoms with E-state index in [-0.39, 0.29) is 16.7 Å². The topological polar surface area (TPSA) is 67.8 Å². The molecular formula is C16H26N2O2. The van der Waals surface area contributed by atoms with E-state index in [4.69, 9.17) is 15.7 Å². The van der Waals surface area contributed by atoms with E-state index in [0.29, 0.717) is 13.0 Å². The van der Waals surface area contributed by atoms with Crippen molar-refractivity contribution in [1.29, 1.82) is 0 Å². The third-order valence-corrected chi connectivity index (χ3v) is 3.48. The van der Waals surface area contributed by atoms with Crippen LogP contribution in [0.2, 0.25) is 0 Å². The van der Waals surface area contributed by atoms with Crippen molar-refractivity contribution in [2.75, 3.05) is 6.61 Å². The number of hydrogen-bond acceptors (Lipinski definition) is 3. The normalized spacial score (nSPS) is 13.3. The first kappa shape index (κ1) is 16.3. The summed E-state index contributed by atoms with van der Waals surface area (Å²) in [6.07, 6.45) is 0.682. The van der Waals surface area contributed by atoms with Crippen LogP contribution in [0.15, 0.2) is 29.4 Å². The van der Waals surface area contributed by atoms with Gasteiger partial charge in [0.05, 0.1) is 6.61 Å². The van der Waals surface area contributed by atoms with Crippen molar-refractivity contribution in [3.8, 4) is 5.75 Å². The first-order chi connectivity index (χ1) is 9.18. The molecule has 0 unspecified atom stereocenters. The third-order valence-electron chi connectivity index (χ3n) is 3.48. The van der Waals surface area contributed by atoms with E-state index in [2.05, 4.69) is 32.0 Å². The van der Waals surface area contributed by atoms with E-state index in [9.17, 15) is 0 Å². The Labute approximate surface area is 121 Å². The number of benzene rings is 1. The average molecular weight is 278 g/mol. The lowest BCUT2D eigenvalue weighted by molar-refractivity contribution is 0.255. The zero-order valence-electron chi connectivity index (χ0n) is 13.1. The summed E-state index contributed by atoms with van der Waals surface area (Å²) >= 11 is 0. The highest BCUT2D eigenvalue weighted by atomic mass is 16.5. The van der Waals surface area contributed by atoms with Gasteiger partial charge in [-0.25, -0.2) is 0 Å². The number of nitrogens with two attached hydrogens (primary N) is 1. The molecule has 0 atom stereocenters. The van der Waals surface area contributed by atoms with Crippen molar-refractivity contribution < 1.29 is 9.94 Å². The zero-order valence-corrected chi connectivity index (χ0v) is 13.1. The number of nitrogens with zero attached hydrogens (tertiary/aromatic N) is 1. The molecule has 0 saturated carbocycles. The Kier molecular flexibility index (Phi) is 5.03. The number of para-hydroxylation sites is 1. The second-order valence-corrected chi connectivity index (χ2v) is 6.71. The van der Waals surface area contributed by atoms with Gasteiger partial charge in [0.15, 0.2) is 0 Å². The van der Waals surface area contributed by atoms with Gasteiger partial charge in [-0.2, -0.15) is 0 Å². The van der Waals surface area contributed by atoms with Gasteiger partial charge in [-0.3, -0.25) is 0 Å². The largest absolute Gasteiger partial charge is 0.493 e. The van der Waals surface area contributed by atoms with Crippen molar-refractivity contribution in [2.24, 2.45) is 16.3 Å². The van der Waals surface area contributed by atoms with Crippen LogP contribution >= 0.6 is 0 Å². The van der Waals surface area contributed by atoms with Crippen LogP contribution in [0.1, 0.15) is 46.6 Å². The second-order valence-electron chi connectivity index (χ2n) is 6.71. The van der Waals surface area contributed by atoms with Crippen LogP contribution in [0.3, 0.4) is 0 Å². The average Bonchev–Trinajstić information content (AvgIpc) is 2.37. The molecule has 0 heterocycles. The molecule has 0 bridgehead atoms. The summed E-state index contributed by atoms with van der Waals surface area (Å²) in [5.41, 5.74) is 6.51. The van der Waals surface area contributed by atoms with Crippen molar-refractivity contribution in [3.05, 3.63) is 29.8 Å². The molecule has 0 aliphatic rings. The van der Waals surface area contributed by atoms with Gasteiger partial charge in [-0.05, 0) is 23.5 Å². The number of ether oxygens (including phenoxy) is 1. The summed E-state index contributed by atoms with van der Waals surface area (Å²) in [5.74, 6) is 1.13. The molecule has 3 N–H and O–H groups in total. The van der Waals surface area contributed by atoms with E-state index in [0.717, 1.165) is 5.75 Å². The molecule has 0 saturated heterocycles. The predicted octanol–water partition coefficient (Wildman–Crippen LogP) is 3.53. The van der Waals surface area contributed by atoms with E-state index < -0.39 is 0 Å². The van der Waals surface area contributed by atoms with Crippen molar-refractivity contribution >= 4 is 5.84 Å². The van der Waals surface area contributed by atoms with E-state index in [1.54, 1.807) is 0 Å². The van der Waals surface area contributed by atoms with E-state index in [1.807, 2.05) is 32.0 Å². The lowest BCUT2D eigenvalue weighted by Crippen LogP contribution is -2.33. The Morgan fingerprint density at radius 3 is 2.35 bits per heavy atom. The van der Waals surface area contributed by atoms with Crippen LogP contribution in [-0.2, 0) is 5.41 Å². The lowest BCUT2D eigenvalue weighted by atomic mass is 9.86. The monoisotopic (exact) mass is 278 g/mol. The first-order valence-electron chi connectivity index (χ1n) is 6.89. The minimum Gasteiger partial charge on any atom is -0.493 e. The zero-order chi connectivity index (χ0) is 15.4. The number of amidine groups is 1. The van der Waals surface area contributed by atoms with Gasteiger partial charge in [0.25, 0.3) is 0 Å². The van der Waals surface area contributed by atoms with Crippen LogP contribution in [0, 0.1) is 5.41 Å². The fourth-order valence-electron chi connectivity index (χ4n) is 1.89. The third kappa shape index (κ3) is 4.15. The predicted molar refractivity (Wildman–Crippen MR) is 82.4 cm³/mol. The Hall–Kier alpha value is -1.71. The summed E-state index contributed by atoms with van der Waals surface area (Å²) in [5, 5.41) is 11.8. The van der Waals surface area contributed by atoms with Gasteiger partial charge in [-0.1, -0.05) is 58.0 Å². The van der Waals surface area contributed by atoms with E-state index in [1.165, 1.54) is 5.56 Å². The number of oxime groups is 1. The Morgan fingerprint density at radius 2 is 1.80 bits per heavy atom. The van der Waals surface area contributed by atoms with Crippen molar-refractivity contribution in [2.45, 2.75) is 46.5 Å². The molecule has 4 heteroatoms. The SMILES string of the molecule is CC(C)(CCOc1ccccc1C(C)(C)C)C(N)=NO. The molecule has 0 radical (unpaired) electrons. The standard InChI is InChI=1S/C16H26N2O2/c1-15(2,3)12-8-6-7-9-13(12)20-11-10-16(4,5)14(17)18-19/h6-9,19H,10-11H2,1-5H3,(H2,17,18). The summed E-state index contributed by atoms with van der Waals surface area (Å²) < 4.78 is 5.90. The maximum Gasteiger partial charge on any atom is 0.144 e. The second kappa shape index (κ2) is 6.16. The molecule has 4 nitrogen and oxygen atoms in total. The van der Waals surface area contributed by atoms with Crippen molar-refractivity contribution in [1.82, 2.24) is 0 Å². The minimum absolute atomic E-state index is 0.0394. The molecule has 0 aliphatic heterocycles. The summed E-state index contributed by atoms with van der Waals surface area (Å²) in [4.78, 5) is 0. The highest BCUT2D eigenvalue weighted by Gasteiger charge is 2.24. The summed E-state index contributed by atoms with van der Waals surface area (Å²) in [7, 11) is 0. The smallest absolute Gasteiger partial charge is 0.144 e. The molecule has 0 aromatic heterocycles. The molecular weight excluding hydrogens is 252 g/mol. The maximum absolute atomic E-state index is 8.76. The van der Waals surface area contributed by atoms with Gasteiger partial charge >= 0.3 is 0 Å². The van der Waals surface area contributed by atoms with Crippen LogP contribution in [0.5, 0.6) is 5.75 Å². The number of hydrogen-bond donors (Lipinski definition) is 2. The quantitative estimate of drug-likeness (QED) is 0.375. The van der Waals surface area contributed by atoms with Gasteiger partial charge in [-0.15, -0.1) is 0 Å². The van der Waals surface area contributed by atoms with E-state index >= 15 is 0 Å². The lowest BCUT2D eigenvalue weighted by Gasteiger charge is -2.25. The number of rotatable bonds is 5. The van der Waals surface area contributed by atoms with Gasteiger partial charge < -0.3 is 15.7 Å². The van der Waals surface area contributed by atoms with Crippen LogP contribution in [0.4, 0.5) is 0 Å². The first-order valence-corrected chi connectivity index (χ1v) is 6.89. The minimum atomic E-state index is -0.384. The molecule has 112 valence electrons. The highest BCUT2D eigenvalue weighted by Crippen LogP contribution is 2.31. The van der Waals surface area contributed by atoms with Gasteiger partial charge in [0.2, 0.25) is 0 Å². The Bertz CT molecular complexity index is 474. The molecule has 1 aromatic rings. The summed E-state index contributed by atoms with van der Waals surface area (Å²) in [6.45, 7) is 10.9. The van der Waals surface area contributed by atoms with Crippen LogP contribution < -0.4 is 10.5 Å².